The quantitative estimate of drug-likeness (QED) is 0.131. The molecule has 1 heteroatoms. The Morgan fingerprint density at radius 2 is 0.352 bits per heavy atom. The molecule has 674 valence electrons. The van der Waals surface area contributed by atoms with Crippen molar-refractivity contribution >= 4 is 184 Å². The van der Waals surface area contributed by atoms with Gasteiger partial charge in [0.25, 0.3) is 0 Å². The maximum Gasteiger partial charge on any atom is 0.143 e. The second-order valence-corrected chi connectivity index (χ2v) is 38.1. The van der Waals surface area contributed by atoms with E-state index in [1.165, 1.54) is 251 Å². The molecule has 0 N–H and O–H groups in total. The number of fused-ring (bicyclic) bond motifs is 28. The molecule has 0 fully saturated rings. The number of benzene rings is 29. The van der Waals surface area contributed by atoms with Gasteiger partial charge in [-0.25, -0.2) is 0 Å². The van der Waals surface area contributed by atoms with E-state index in [1.54, 1.807) is 0 Å². The molecule has 30 rings (SSSR count). The fourth-order valence-electron chi connectivity index (χ4n) is 23.2. The Hall–Kier alpha value is -18.9. The maximum absolute atomic E-state index is 6.35. The average Bonchev–Trinajstić information content (AvgIpc) is 1.66. The third-order valence-electron chi connectivity index (χ3n) is 30.0. The monoisotopic (exact) mass is 1840 g/mol. The maximum atomic E-state index is 6.35. The average molecular weight is 1840 g/mol. The van der Waals surface area contributed by atoms with Crippen LogP contribution < -0.4 is 0 Å². The Kier molecular flexibility index (Phi) is 21.4. The SMILES string of the molecule is c1cc(-c2ccc3c4ccccc4c4ccccc4c3c2)cc(-c2cccc3ccccc23)c1.c1cc(-c2cccc(-c3cccc4c3oc3ccccc34)c2)cc(-c2ccc3c4ccccc4c4ccccc4c3c2)c1.c1ccc(-c2cc3c4ccccc4c(-c4cccc5ccccc45)cc3c3ccccc23)cc1.c1ccc2c(-c3ccc(-c4cc5ccc6ccccc6c5c5ccccc45)cc3)cccc2c1. The van der Waals surface area contributed by atoms with Crippen LogP contribution in [0.2, 0.25) is 0 Å². The number of rotatable bonds is 9. The first-order chi connectivity index (χ1) is 71.9. The van der Waals surface area contributed by atoms with Gasteiger partial charge in [0.05, 0.1) is 0 Å². The van der Waals surface area contributed by atoms with Gasteiger partial charge in [-0.1, -0.05) is 504 Å². The predicted molar refractivity (Wildman–Crippen MR) is 625 cm³/mol. The van der Waals surface area contributed by atoms with Crippen LogP contribution in [-0.4, -0.2) is 0 Å². The van der Waals surface area contributed by atoms with Crippen LogP contribution >= 0.6 is 0 Å². The summed E-state index contributed by atoms with van der Waals surface area (Å²) < 4.78 is 6.35. The molecule has 1 heterocycles. The highest BCUT2D eigenvalue weighted by Gasteiger charge is 2.22. The summed E-state index contributed by atoms with van der Waals surface area (Å²) in [6.45, 7) is 0. The number of para-hydroxylation sites is 2. The molecule has 145 heavy (non-hydrogen) atoms. The zero-order valence-electron chi connectivity index (χ0n) is 79.5. The smallest absolute Gasteiger partial charge is 0.143 e. The van der Waals surface area contributed by atoms with Crippen molar-refractivity contribution in [2.75, 3.05) is 0 Å². The van der Waals surface area contributed by atoms with E-state index in [0.717, 1.165) is 33.1 Å². The van der Waals surface area contributed by atoms with E-state index in [4.69, 9.17) is 4.42 Å². The van der Waals surface area contributed by atoms with E-state index in [9.17, 15) is 0 Å². The van der Waals surface area contributed by atoms with Crippen molar-refractivity contribution in [2.24, 2.45) is 0 Å². The van der Waals surface area contributed by atoms with Crippen LogP contribution in [0.5, 0.6) is 0 Å². The minimum Gasteiger partial charge on any atom is -0.455 e. The van der Waals surface area contributed by atoms with Crippen LogP contribution in [0, 0.1) is 0 Å². The molecular weight excluding hydrogens is 1750 g/mol. The van der Waals surface area contributed by atoms with Crippen molar-refractivity contribution in [3.63, 3.8) is 0 Å². The van der Waals surface area contributed by atoms with Gasteiger partial charge < -0.3 is 4.42 Å². The lowest BCUT2D eigenvalue weighted by Crippen LogP contribution is -1.89. The third kappa shape index (κ3) is 15.3. The van der Waals surface area contributed by atoms with Crippen LogP contribution in [-0.2, 0) is 0 Å². The van der Waals surface area contributed by atoms with Gasteiger partial charge in [0.15, 0.2) is 0 Å². The molecule has 0 unspecified atom stereocenters. The third-order valence-corrected chi connectivity index (χ3v) is 30.0. The summed E-state index contributed by atoms with van der Waals surface area (Å²) >= 11 is 0. The molecule has 0 spiro atoms. The Bertz CT molecular complexity index is 10300. The van der Waals surface area contributed by atoms with Gasteiger partial charge in [0, 0.05) is 16.3 Å². The first-order valence-electron chi connectivity index (χ1n) is 50.1. The van der Waals surface area contributed by atoms with Gasteiger partial charge in [0.1, 0.15) is 11.2 Å². The van der Waals surface area contributed by atoms with Gasteiger partial charge in [-0.05, 0) is 311 Å². The van der Waals surface area contributed by atoms with Crippen LogP contribution in [0.4, 0.5) is 0 Å². The molecule has 0 bridgehead atoms. The fourth-order valence-corrected chi connectivity index (χ4v) is 23.2. The zero-order chi connectivity index (χ0) is 95.8. The van der Waals surface area contributed by atoms with Gasteiger partial charge in [-0.3, -0.25) is 0 Å². The van der Waals surface area contributed by atoms with Crippen molar-refractivity contribution in [1.29, 1.82) is 0 Å². The van der Waals surface area contributed by atoms with Crippen molar-refractivity contribution in [2.45, 2.75) is 0 Å². The van der Waals surface area contributed by atoms with Crippen LogP contribution in [0.15, 0.2) is 563 Å². The van der Waals surface area contributed by atoms with E-state index in [2.05, 4.69) is 546 Å². The highest BCUT2D eigenvalue weighted by Crippen LogP contribution is 2.48. The summed E-state index contributed by atoms with van der Waals surface area (Å²) in [7, 11) is 0. The Morgan fingerprint density at radius 3 is 0.841 bits per heavy atom. The lowest BCUT2D eigenvalue weighted by atomic mass is 9.87. The molecular formula is C144H92O. The van der Waals surface area contributed by atoms with Gasteiger partial charge in [-0.2, -0.15) is 0 Å². The minimum absolute atomic E-state index is 0.921. The lowest BCUT2D eigenvalue weighted by Gasteiger charge is -2.17. The molecule has 29 aromatic carbocycles. The molecule has 0 atom stereocenters. The summed E-state index contributed by atoms with van der Waals surface area (Å²) in [6, 6.07) is 202. The standard InChI is InChI=1S/C42H26O.3C34H22/c1-2-16-35-33(14-1)34-15-3-4-17-36(34)40-26-30(22-23-37(35)40)28-11-7-10-27(24-28)29-12-8-13-31(25-29)32-19-9-20-39-38-18-5-6-21-41(38)43-42(32)39;1-3-11-28-23(8-1)10-7-15-29(28)25-16-18-26(19-17-25)33-22-27-21-20-24-9-2-4-12-30(24)34(27)32-14-6-5-13-31(32)33;1-2-13-27-23(9-1)10-8-18-28(27)26-12-7-11-24(21-26)25-19-20-33-31-16-4-3-14-29(31)30-15-5-6-17-32(30)34(33)22-25;1-2-11-24(12-3-1)31-21-33-30-19-9-8-18-29(30)32(22-34(33)28-17-7-6-16-27(28)31)26-20-10-14-23-13-4-5-15-25(23)26/h1-26H;3*1-22H. The van der Waals surface area contributed by atoms with Gasteiger partial charge in [0.2, 0.25) is 0 Å². The first-order valence-corrected chi connectivity index (χ1v) is 50.1. The number of hydrogen-bond acceptors (Lipinski definition) is 1. The molecule has 0 aliphatic heterocycles. The molecule has 0 saturated heterocycles. The van der Waals surface area contributed by atoms with Gasteiger partial charge in [-0.15, -0.1) is 0 Å². The van der Waals surface area contributed by atoms with E-state index in [0.29, 0.717) is 0 Å². The predicted octanol–water partition coefficient (Wildman–Crippen LogP) is 40.9. The molecule has 0 amide bonds. The molecule has 30 aromatic rings. The summed E-state index contributed by atoms with van der Waals surface area (Å²) in [4.78, 5) is 0. The largest absolute Gasteiger partial charge is 0.455 e. The van der Waals surface area contributed by atoms with Gasteiger partial charge >= 0.3 is 0 Å². The Balaban J connectivity index is 0.0000000966. The number of hydrogen-bond donors (Lipinski definition) is 0. The molecule has 1 aromatic heterocycles. The summed E-state index contributed by atoms with van der Waals surface area (Å²) in [5.74, 6) is 0. The van der Waals surface area contributed by atoms with Crippen LogP contribution in [0.3, 0.4) is 0 Å². The molecule has 0 saturated carbocycles. The van der Waals surface area contributed by atoms with Crippen molar-refractivity contribution in [3.8, 4) is 100 Å². The highest BCUT2D eigenvalue weighted by atomic mass is 16.3. The molecule has 1 nitrogen and oxygen atoms in total. The molecule has 0 radical (unpaired) electrons. The highest BCUT2D eigenvalue weighted by molar-refractivity contribution is 6.30. The van der Waals surface area contributed by atoms with Crippen molar-refractivity contribution < 1.29 is 4.42 Å². The number of furan rings is 1. The Morgan fingerprint density at radius 1 is 0.0966 bits per heavy atom. The van der Waals surface area contributed by atoms with Crippen molar-refractivity contribution in [1.82, 2.24) is 0 Å². The lowest BCUT2D eigenvalue weighted by molar-refractivity contribution is 0.670. The van der Waals surface area contributed by atoms with E-state index < -0.39 is 0 Å². The summed E-state index contributed by atoms with van der Waals surface area (Å²) in [5, 5.41) is 41.2. The normalized spacial score (nSPS) is 11.6. The first kappa shape index (κ1) is 85.3. The Labute approximate surface area is 840 Å². The second kappa shape index (κ2) is 36.4. The summed E-state index contributed by atoms with van der Waals surface area (Å²) in [5.41, 5.74) is 24.1. The van der Waals surface area contributed by atoms with E-state index in [1.807, 2.05) is 12.1 Å². The minimum atomic E-state index is 0.921. The molecule has 0 aliphatic rings. The zero-order valence-corrected chi connectivity index (χ0v) is 79.5. The van der Waals surface area contributed by atoms with Crippen LogP contribution in [0.25, 0.3) is 284 Å². The second-order valence-electron chi connectivity index (χ2n) is 38.1. The fraction of sp³-hybridized carbons (Fsp3) is 0. The topological polar surface area (TPSA) is 13.1 Å². The van der Waals surface area contributed by atoms with Crippen molar-refractivity contribution in [3.05, 3.63) is 558 Å². The van der Waals surface area contributed by atoms with E-state index >= 15 is 0 Å². The van der Waals surface area contributed by atoms with Crippen LogP contribution in [0.1, 0.15) is 0 Å². The summed E-state index contributed by atoms with van der Waals surface area (Å²) in [6.07, 6.45) is 0. The molecule has 0 aliphatic carbocycles. The van der Waals surface area contributed by atoms with E-state index in [-0.39, 0.29) is 0 Å².